The van der Waals surface area contributed by atoms with Gasteiger partial charge in [-0.05, 0) is 48.0 Å². The highest BCUT2D eigenvalue weighted by Gasteiger charge is 2.46. The zero-order valence-electron chi connectivity index (χ0n) is 17.4. The van der Waals surface area contributed by atoms with E-state index in [2.05, 4.69) is 20.9 Å². The Morgan fingerprint density at radius 1 is 1.15 bits per heavy atom. The molecule has 8 heteroatoms. The largest absolute Gasteiger partial charge is 0.503 e. The number of ketones is 1. The summed E-state index contributed by atoms with van der Waals surface area (Å²) in [7, 11) is 1.49. The lowest BCUT2D eigenvalue weighted by atomic mass is 9.96. The third kappa shape index (κ3) is 3.48. The topological polar surface area (TPSA) is 92.9 Å². The normalized spacial score (nSPS) is 16.0. The lowest BCUT2D eigenvalue weighted by Crippen LogP contribution is -2.31. The number of aliphatic hydroxyl groups is 1. The Morgan fingerprint density at radius 2 is 1.97 bits per heavy atom. The number of hydrogen-bond acceptors (Lipinski definition) is 6. The average molecular weight is 505 g/mol. The van der Waals surface area contributed by atoms with Crippen molar-refractivity contribution >= 4 is 44.3 Å². The Kier molecular flexibility index (Phi) is 5.22. The summed E-state index contributed by atoms with van der Waals surface area (Å²) in [5.41, 5.74) is 1.41. The molecule has 2 aromatic heterocycles. The maximum Gasteiger partial charge on any atom is 0.294 e. The van der Waals surface area contributed by atoms with E-state index in [0.29, 0.717) is 22.6 Å². The number of carbonyl (C=O) groups excluding carboxylic acids is 2. The van der Waals surface area contributed by atoms with Gasteiger partial charge in [0, 0.05) is 22.3 Å². The molecule has 0 radical (unpaired) electrons. The molecule has 0 aliphatic carbocycles. The fraction of sp³-hybridized carbons (Fsp3) is 0.0800. The summed E-state index contributed by atoms with van der Waals surface area (Å²) in [6.45, 7) is 0. The molecule has 33 heavy (non-hydrogen) atoms. The van der Waals surface area contributed by atoms with Crippen LogP contribution >= 0.6 is 15.9 Å². The van der Waals surface area contributed by atoms with Crippen LogP contribution in [-0.4, -0.2) is 28.9 Å². The quantitative estimate of drug-likeness (QED) is 0.366. The van der Waals surface area contributed by atoms with Crippen molar-refractivity contribution in [2.24, 2.45) is 0 Å². The smallest absolute Gasteiger partial charge is 0.294 e. The Balaban J connectivity index is 1.67. The minimum absolute atomic E-state index is 0.0215. The van der Waals surface area contributed by atoms with Gasteiger partial charge in [0.15, 0.2) is 11.5 Å². The number of anilines is 1. The number of ether oxygens (including phenoxy) is 1. The Hall–Kier alpha value is -3.91. The third-order valence-electron chi connectivity index (χ3n) is 5.50. The van der Waals surface area contributed by atoms with E-state index in [4.69, 9.17) is 9.15 Å². The maximum absolute atomic E-state index is 13.6. The monoisotopic (exact) mass is 504 g/mol. The second kappa shape index (κ2) is 8.22. The molecule has 0 saturated heterocycles. The Morgan fingerprint density at radius 3 is 2.73 bits per heavy atom. The van der Waals surface area contributed by atoms with Crippen molar-refractivity contribution in [2.45, 2.75) is 6.04 Å². The minimum atomic E-state index is -0.921. The Bertz CT molecular complexity index is 1430. The fourth-order valence-electron chi connectivity index (χ4n) is 4.03. The number of methoxy groups -OCH3 is 1. The molecule has 0 bridgehead atoms. The first-order valence-electron chi connectivity index (χ1n) is 10.0. The van der Waals surface area contributed by atoms with Gasteiger partial charge in [0.05, 0.1) is 24.4 Å². The number of pyridine rings is 1. The molecule has 3 heterocycles. The molecule has 4 aromatic rings. The average Bonchev–Trinajstić information content (AvgIpc) is 3.37. The minimum Gasteiger partial charge on any atom is -0.503 e. The number of Topliss-reactive ketones (excluding diaryl/α,β-unsaturated/α-hetero) is 1. The van der Waals surface area contributed by atoms with Gasteiger partial charge in [-0.2, -0.15) is 0 Å². The molecule has 1 aliphatic rings. The van der Waals surface area contributed by atoms with E-state index in [1.54, 1.807) is 67.0 Å². The zero-order chi connectivity index (χ0) is 23.1. The summed E-state index contributed by atoms with van der Waals surface area (Å²) >= 11 is 3.40. The molecule has 0 saturated carbocycles. The van der Waals surface area contributed by atoms with Crippen molar-refractivity contribution in [3.63, 3.8) is 0 Å². The highest BCUT2D eigenvalue weighted by atomic mass is 79.9. The third-order valence-corrected chi connectivity index (χ3v) is 5.99. The second-order valence-corrected chi connectivity index (χ2v) is 8.34. The molecule has 164 valence electrons. The number of fused-ring (bicyclic) bond motifs is 1. The van der Waals surface area contributed by atoms with Gasteiger partial charge in [0.2, 0.25) is 5.78 Å². The number of rotatable bonds is 5. The van der Waals surface area contributed by atoms with Crippen molar-refractivity contribution in [3.8, 4) is 5.75 Å². The summed E-state index contributed by atoms with van der Waals surface area (Å²) in [6.07, 6.45) is 3.15. The van der Waals surface area contributed by atoms with E-state index < -0.39 is 23.5 Å². The van der Waals surface area contributed by atoms with Crippen LogP contribution in [0.25, 0.3) is 11.0 Å². The van der Waals surface area contributed by atoms with Crippen LogP contribution in [0.3, 0.4) is 0 Å². The van der Waals surface area contributed by atoms with Crippen LogP contribution < -0.4 is 9.64 Å². The first kappa shape index (κ1) is 21.0. The molecule has 2 aromatic carbocycles. The van der Waals surface area contributed by atoms with E-state index in [1.807, 2.05) is 6.07 Å². The van der Waals surface area contributed by atoms with Crippen LogP contribution in [0, 0.1) is 0 Å². The number of aromatic nitrogens is 1. The number of carbonyl (C=O) groups is 2. The summed E-state index contributed by atoms with van der Waals surface area (Å²) in [6, 6.07) is 16.4. The fourth-order valence-corrected chi connectivity index (χ4v) is 4.41. The van der Waals surface area contributed by atoms with Crippen LogP contribution in [-0.2, 0) is 4.79 Å². The maximum atomic E-state index is 13.6. The molecule has 0 fully saturated rings. The lowest BCUT2D eigenvalue weighted by molar-refractivity contribution is -0.117. The standard InChI is InChI=1S/C25H17BrN2O5/c1-32-19-7-3-2-6-17(19)28-22(14-5-4-10-27-13-14)21(24(30)25(28)31)23(29)20-12-15-11-16(26)8-9-18(15)33-20/h2-13,22,30H,1H3. The van der Waals surface area contributed by atoms with Gasteiger partial charge in [0.25, 0.3) is 5.91 Å². The SMILES string of the molecule is COc1ccccc1N1C(=O)C(O)=C(C(=O)c2cc3cc(Br)ccc3o2)C1c1cccnc1. The van der Waals surface area contributed by atoms with E-state index >= 15 is 0 Å². The van der Waals surface area contributed by atoms with Crippen LogP contribution in [0.2, 0.25) is 0 Å². The number of nitrogens with zero attached hydrogens (tertiary/aromatic N) is 2. The summed E-state index contributed by atoms with van der Waals surface area (Å²) in [5, 5.41) is 11.6. The molecule has 5 rings (SSSR count). The van der Waals surface area contributed by atoms with E-state index in [1.165, 1.54) is 12.0 Å². The van der Waals surface area contributed by atoms with Gasteiger partial charge in [-0.3, -0.25) is 19.5 Å². The molecule has 7 nitrogen and oxygen atoms in total. The van der Waals surface area contributed by atoms with Crippen LogP contribution in [0.5, 0.6) is 5.75 Å². The van der Waals surface area contributed by atoms with E-state index in [-0.39, 0.29) is 11.3 Å². The molecule has 0 spiro atoms. The number of para-hydroxylation sites is 2. The van der Waals surface area contributed by atoms with Crippen LogP contribution in [0.4, 0.5) is 5.69 Å². The molecule has 1 N–H and O–H groups in total. The zero-order valence-corrected chi connectivity index (χ0v) is 18.9. The summed E-state index contributed by atoms with van der Waals surface area (Å²) in [5.74, 6) is -1.49. The van der Waals surface area contributed by atoms with Gasteiger partial charge in [-0.1, -0.05) is 34.1 Å². The van der Waals surface area contributed by atoms with Crippen molar-refractivity contribution in [1.82, 2.24) is 4.98 Å². The molecular formula is C25H17BrN2O5. The summed E-state index contributed by atoms with van der Waals surface area (Å²) in [4.78, 5) is 32.4. The number of benzene rings is 2. The first-order chi connectivity index (χ1) is 16.0. The van der Waals surface area contributed by atoms with Crippen LogP contribution in [0.15, 0.2) is 93.3 Å². The second-order valence-electron chi connectivity index (χ2n) is 7.42. The van der Waals surface area contributed by atoms with Crippen molar-refractivity contribution in [3.05, 3.63) is 100 Å². The van der Waals surface area contributed by atoms with Gasteiger partial charge in [0.1, 0.15) is 11.3 Å². The summed E-state index contributed by atoms with van der Waals surface area (Å²) < 4.78 is 12.0. The van der Waals surface area contributed by atoms with Gasteiger partial charge in [-0.25, -0.2) is 0 Å². The number of furan rings is 1. The Labute approximate surface area is 197 Å². The molecule has 1 aliphatic heterocycles. The molecule has 1 atom stereocenters. The van der Waals surface area contributed by atoms with Crippen molar-refractivity contribution in [1.29, 1.82) is 0 Å². The van der Waals surface area contributed by atoms with Crippen molar-refractivity contribution < 1.29 is 23.8 Å². The number of aliphatic hydroxyl groups excluding tert-OH is 1. The van der Waals surface area contributed by atoms with E-state index in [0.717, 1.165) is 9.86 Å². The predicted molar refractivity (Wildman–Crippen MR) is 125 cm³/mol. The molecular weight excluding hydrogens is 488 g/mol. The lowest BCUT2D eigenvalue weighted by Gasteiger charge is -2.27. The van der Waals surface area contributed by atoms with Gasteiger partial charge < -0.3 is 14.3 Å². The number of amides is 1. The first-order valence-corrected chi connectivity index (χ1v) is 10.8. The van der Waals surface area contributed by atoms with Crippen LogP contribution in [0.1, 0.15) is 22.2 Å². The highest BCUT2D eigenvalue weighted by Crippen LogP contribution is 2.44. The predicted octanol–water partition coefficient (Wildman–Crippen LogP) is 5.38. The number of hydrogen-bond donors (Lipinski definition) is 1. The van der Waals surface area contributed by atoms with E-state index in [9.17, 15) is 14.7 Å². The van der Waals surface area contributed by atoms with Gasteiger partial charge >= 0.3 is 0 Å². The molecule has 1 unspecified atom stereocenters. The molecule has 1 amide bonds. The van der Waals surface area contributed by atoms with Crippen molar-refractivity contribution in [2.75, 3.05) is 12.0 Å². The number of halogens is 1. The highest BCUT2D eigenvalue weighted by molar-refractivity contribution is 9.10. The van der Waals surface area contributed by atoms with Gasteiger partial charge in [-0.15, -0.1) is 0 Å².